The summed E-state index contributed by atoms with van der Waals surface area (Å²) in [6, 6.07) is 5.78. The van der Waals surface area contributed by atoms with Crippen LogP contribution in [0.2, 0.25) is 0 Å². The molecule has 0 amide bonds. The summed E-state index contributed by atoms with van der Waals surface area (Å²) in [4.78, 5) is 0. The van der Waals surface area contributed by atoms with E-state index in [9.17, 15) is 0 Å². The number of aliphatic hydroxyl groups excluding tert-OH is 2. The molecule has 0 fully saturated rings. The van der Waals surface area contributed by atoms with Gasteiger partial charge in [-0.15, -0.1) is 0 Å². The van der Waals surface area contributed by atoms with Crippen molar-refractivity contribution >= 4 is 0 Å². The number of hydrogen-bond donors (Lipinski definition) is 3. The van der Waals surface area contributed by atoms with Crippen LogP contribution in [0.3, 0.4) is 0 Å². The molecule has 0 aliphatic heterocycles. The van der Waals surface area contributed by atoms with Crippen molar-refractivity contribution in [3.05, 3.63) is 23.8 Å². The van der Waals surface area contributed by atoms with Gasteiger partial charge in [-0.05, 0) is 30.7 Å². The molecule has 0 saturated carbocycles. The summed E-state index contributed by atoms with van der Waals surface area (Å²) in [7, 11) is 3.22. The maximum absolute atomic E-state index is 9.16. The first-order valence-corrected chi connectivity index (χ1v) is 5.91. The van der Waals surface area contributed by atoms with Gasteiger partial charge in [0.2, 0.25) is 0 Å². The van der Waals surface area contributed by atoms with Gasteiger partial charge in [0.05, 0.1) is 26.9 Å². The van der Waals surface area contributed by atoms with Gasteiger partial charge in [-0.3, -0.25) is 0 Å². The van der Waals surface area contributed by atoms with Gasteiger partial charge in [-0.1, -0.05) is 6.07 Å². The third-order valence-corrected chi connectivity index (χ3v) is 2.63. The monoisotopic (exact) mass is 255 g/mol. The van der Waals surface area contributed by atoms with Crippen molar-refractivity contribution in [3.63, 3.8) is 0 Å². The second-order valence-corrected chi connectivity index (χ2v) is 3.98. The van der Waals surface area contributed by atoms with Gasteiger partial charge in [0.25, 0.3) is 0 Å². The molecule has 0 bridgehead atoms. The molecule has 3 N–H and O–H groups in total. The average molecular weight is 255 g/mol. The zero-order chi connectivity index (χ0) is 13.4. The first kappa shape index (κ1) is 14.8. The molecule has 0 aliphatic carbocycles. The maximum atomic E-state index is 9.16. The van der Waals surface area contributed by atoms with Crippen LogP contribution in [0, 0.1) is 0 Å². The number of hydrogen-bond acceptors (Lipinski definition) is 5. The first-order chi connectivity index (χ1) is 8.71. The molecule has 1 atom stereocenters. The second-order valence-electron chi connectivity index (χ2n) is 3.98. The molecule has 0 saturated heterocycles. The fourth-order valence-corrected chi connectivity index (χ4v) is 1.60. The predicted octanol–water partition coefficient (Wildman–Crippen LogP) is 0.189. The van der Waals surface area contributed by atoms with E-state index in [1.165, 1.54) is 0 Å². The lowest BCUT2D eigenvalue weighted by atomic mass is 10.1. The number of aliphatic hydroxyl groups is 2. The standard InChI is InChI=1S/C13H21NO4/c1-17-12-4-3-10(7-13(12)18-2)5-6-14-8-11(16)9-15/h3-4,7,11,14-16H,5-6,8-9H2,1-2H3/t11-/m1/s1. The second kappa shape index (κ2) is 7.92. The summed E-state index contributed by atoms with van der Waals surface area (Å²) in [6.07, 6.45) is 0.119. The Morgan fingerprint density at radius 2 is 1.94 bits per heavy atom. The van der Waals surface area contributed by atoms with Crippen LogP contribution in [-0.4, -0.2) is 50.2 Å². The van der Waals surface area contributed by atoms with Crippen LogP contribution >= 0.6 is 0 Å². The summed E-state index contributed by atoms with van der Waals surface area (Å²) in [6.45, 7) is 0.902. The summed E-state index contributed by atoms with van der Waals surface area (Å²) >= 11 is 0. The molecule has 0 unspecified atom stereocenters. The number of benzene rings is 1. The fourth-order valence-electron chi connectivity index (χ4n) is 1.60. The van der Waals surface area contributed by atoms with Gasteiger partial charge in [0, 0.05) is 6.54 Å². The van der Waals surface area contributed by atoms with Crippen LogP contribution in [0.5, 0.6) is 11.5 Å². The Morgan fingerprint density at radius 3 is 2.56 bits per heavy atom. The Labute approximate surface area is 107 Å². The molecule has 1 aromatic carbocycles. The molecular formula is C13H21NO4. The quantitative estimate of drug-likeness (QED) is 0.578. The third kappa shape index (κ3) is 4.52. The van der Waals surface area contributed by atoms with E-state index in [0.29, 0.717) is 18.0 Å². The summed E-state index contributed by atoms with van der Waals surface area (Å²) < 4.78 is 10.4. The number of rotatable bonds is 8. The Hall–Kier alpha value is -1.30. The highest BCUT2D eigenvalue weighted by atomic mass is 16.5. The van der Waals surface area contributed by atoms with Crippen molar-refractivity contribution in [3.8, 4) is 11.5 Å². The van der Waals surface area contributed by atoms with E-state index < -0.39 is 6.10 Å². The highest BCUT2D eigenvalue weighted by molar-refractivity contribution is 5.42. The Morgan fingerprint density at radius 1 is 1.22 bits per heavy atom. The Bertz CT molecular complexity index is 357. The average Bonchev–Trinajstić information content (AvgIpc) is 2.42. The van der Waals surface area contributed by atoms with E-state index in [1.54, 1.807) is 14.2 Å². The van der Waals surface area contributed by atoms with Gasteiger partial charge >= 0.3 is 0 Å². The van der Waals surface area contributed by atoms with Crippen molar-refractivity contribution in [1.82, 2.24) is 5.32 Å². The van der Waals surface area contributed by atoms with Crippen LogP contribution in [-0.2, 0) is 6.42 Å². The molecule has 5 nitrogen and oxygen atoms in total. The Balaban J connectivity index is 2.43. The highest BCUT2D eigenvalue weighted by Gasteiger charge is 2.05. The minimum absolute atomic E-state index is 0.219. The topological polar surface area (TPSA) is 71.0 Å². The van der Waals surface area contributed by atoms with E-state index in [-0.39, 0.29) is 6.61 Å². The van der Waals surface area contributed by atoms with Crippen LogP contribution in [0.1, 0.15) is 5.56 Å². The van der Waals surface area contributed by atoms with Gasteiger partial charge in [-0.25, -0.2) is 0 Å². The molecule has 0 aromatic heterocycles. The van der Waals surface area contributed by atoms with E-state index in [2.05, 4.69) is 5.32 Å². The van der Waals surface area contributed by atoms with Crippen molar-refractivity contribution in [2.24, 2.45) is 0 Å². The van der Waals surface area contributed by atoms with Crippen LogP contribution < -0.4 is 14.8 Å². The zero-order valence-electron chi connectivity index (χ0n) is 10.8. The molecule has 18 heavy (non-hydrogen) atoms. The summed E-state index contributed by atoms with van der Waals surface area (Å²) in [5.41, 5.74) is 1.12. The number of methoxy groups -OCH3 is 2. The fraction of sp³-hybridized carbons (Fsp3) is 0.538. The van der Waals surface area contributed by atoms with Gasteiger partial charge in [-0.2, -0.15) is 0 Å². The number of nitrogens with one attached hydrogen (secondary N) is 1. The van der Waals surface area contributed by atoms with Gasteiger partial charge in [0.1, 0.15) is 0 Å². The molecule has 0 radical (unpaired) electrons. The SMILES string of the molecule is COc1ccc(CCNC[C@@H](O)CO)cc1OC. The van der Waals surface area contributed by atoms with Crippen LogP contribution in [0.25, 0.3) is 0 Å². The minimum atomic E-state index is -0.699. The molecule has 0 heterocycles. The minimum Gasteiger partial charge on any atom is -0.493 e. The van der Waals surface area contributed by atoms with E-state index >= 15 is 0 Å². The molecule has 1 rings (SSSR count). The largest absolute Gasteiger partial charge is 0.493 e. The molecule has 0 aliphatic rings. The number of ether oxygens (including phenoxy) is 2. The van der Waals surface area contributed by atoms with Crippen LogP contribution in [0.15, 0.2) is 18.2 Å². The predicted molar refractivity (Wildman–Crippen MR) is 69.2 cm³/mol. The summed E-state index contributed by atoms with van der Waals surface area (Å²) in [5.74, 6) is 1.43. The lowest BCUT2D eigenvalue weighted by molar-refractivity contribution is 0.0947. The lowest BCUT2D eigenvalue weighted by Gasteiger charge is -2.11. The molecule has 102 valence electrons. The molecule has 5 heteroatoms. The molecular weight excluding hydrogens is 234 g/mol. The zero-order valence-corrected chi connectivity index (χ0v) is 10.8. The highest BCUT2D eigenvalue weighted by Crippen LogP contribution is 2.27. The van der Waals surface area contributed by atoms with Crippen molar-refractivity contribution in [2.45, 2.75) is 12.5 Å². The van der Waals surface area contributed by atoms with Crippen LogP contribution in [0.4, 0.5) is 0 Å². The van der Waals surface area contributed by atoms with Gasteiger partial charge in [0.15, 0.2) is 11.5 Å². The van der Waals surface area contributed by atoms with Gasteiger partial charge < -0.3 is 25.0 Å². The van der Waals surface area contributed by atoms with Crippen molar-refractivity contribution in [2.75, 3.05) is 33.9 Å². The smallest absolute Gasteiger partial charge is 0.160 e. The van der Waals surface area contributed by atoms with E-state index in [1.807, 2.05) is 18.2 Å². The molecule has 1 aromatic rings. The van der Waals surface area contributed by atoms with E-state index in [4.69, 9.17) is 19.7 Å². The van der Waals surface area contributed by atoms with E-state index in [0.717, 1.165) is 18.5 Å². The normalized spacial score (nSPS) is 12.2. The first-order valence-electron chi connectivity index (χ1n) is 5.91. The van der Waals surface area contributed by atoms with Crippen molar-refractivity contribution < 1.29 is 19.7 Å². The summed E-state index contributed by atoms with van der Waals surface area (Å²) in [5, 5.41) is 20.9. The van der Waals surface area contributed by atoms with Crippen molar-refractivity contribution in [1.29, 1.82) is 0 Å². The third-order valence-electron chi connectivity index (χ3n) is 2.63. The lowest BCUT2D eigenvalue weighted by Crippen LogP contribution is -2.30. The molecule has 0 spiro atoms. The Kier molecular flexibility index (Phi) is 6.49. The maximum Gasteiger partial charge on any atom is 0.160 e.